The van der Waals surface area contributed by atoms with E-state index in [0.717, 1.165) is 0 Å². The van der Waals surface area contributed by atoms with E-state index in [0.29, 0.717) is 23.4 Å². The van der Waals surface area contributed by atoms with E-state index in [9.17, 15) is 4.79 Å². The minimum absolute atomic E-state index is 0.117. The predicted octanol–water partition coefficient (Wildman–Crippen LogP) is 2.09. The highest BCUT2D eigenvalue weighted by Crippen LogP contribution is 2.25. The molecule has 110 valence electrons. The van der Waals surface area contributed by atoms with Crippen LogP contribution in [0.25, 0.3) is 0 Å². The van der Waals surface area contributed by atoms with Gasteiger partial charge in [-0.2, -0.15) is 0 Å². The van der Waals surface area contributed by atoms with E-state index >= 15 is 0 Å². The number of carbonyl (C=O) groups is 1. The second-order valence-electron chi connectivity index (χ2n) is 4.55. The monoisotopic (exact) mass is 287 g/mol. The zero-order valence-electron chi connectivity index (χ0n) is 11.4. The van der Waals surface area contributed by atoms with Gasteiger partial charge in [0, 0.05) is 17.3 Å². The van der Waals surface area contributed by atoms with Gasteiger partial charge in [0.05, 0.1) is 5.69 Å². The molecule has 2 rings (SSSR count). The maximum Gasteiger partial charge on any atom is 0.519 e. The second-order valence-corrected chi connectivity index (χ2v) is 4.55. The molecule has 21 heavy (non-hydrogen) atoms. The van der Waals surface area contributed by atoms with Crippen molar-refractivity contribution in [3.8, 4) is 5.75 Å². The molecule has 6 heteroatoms. The second kappa shape index (κ2) is 6.15. The molecule has 1 unspecified atom stereocenters. The molecule has 0 radical (unpaired) electrons. The van der Waals surface area contributed by atoms with Crippen molar-refractivity contribution in [2.75, 3.05) is 11.5 Å². The van der Waals surface area contributed by atoms with E-state index in [4.69, 9.17) is 26.7 Å². The highest BCUT2D eigenvalue weighted by Gasteiger charge is 2.17. The van der Waals surface area contributed by atoms with Gasteiger partial charge in [0.25, 0.3) is 0 Å². The summed E-state index contributed by atoms with van der Waals surface area (Å²) >= 11 is 0. The van der Waals surface area contributed by atoms with Gasteiger partial charge in [-0.05, 0) is 30.7 Å². The molecule has 0 bridgehead atoms. The zero-order valence-corrected chi connectivity index (χ0v) is 11.4. The van der Waals surface area contributed by atoms with Gasteiger partial charge in [0.15, 0.2) is 5.75 Å². The molecule has 0 saturated heterocycles. The number of nitrogen functional groups attached to an aromatic ring is 2. The number of anilines is 2. The van der Waals surface area contributed by atoms with Crippen LogP contribution in [0, 0.1) is 0 Å². The molecule has 0 fully saturated rings. The maximum absolute atomic E-state index is 11.8. The molecule has 0 aliphatic heterocycles. The summed E-state index contributed by atoms with van der Waals surface area (Å²) in [5.41, 5.74) is 18.4. The first-order chi connectivity index (χ1) is 9.99. The molecule has 0 saturated carbocycles. The average Bonchev–Trinajstić information content (AvgIpc) is 2.44. The highest BCUT2D eigenvalue weighted by molar-refractivity contribution is 5.71. The fourth-order valence-corrected chi connectivity index (χ4v) is 1.87. The Hall–Kier alpha value is -2.73. The van der Waals surface area contributed by atoms with Gasteiger partial charge in [-0.25, -0.2) is 4.79 Å². The molecular weight excluding hydrogens is 270 g/mol. The number of benzene rings is 1. The largest absolute Gasteiger partial charge is 0.519 e. The fraction of sp³-hybridized carbons (Fsp3) is 0.133. The van der Waals surface area contributed by atoms with Crippen LogP contribution in [0.3, 0.4) is 0 Å². The number of allylic oxidation sites excluding steroid dienone is 1. The summed E-state index contributed by atoms with van der Waals surface area (Å²) in [6.07, 6.45) is 4.74. The summed E-state index contributed by atoms with van der Waals surface area (Å²) in [4.78, 5) is 11.8. The van der Waals surface area contributed by atoms with E-state index in [1.54, 1.807) is 24.3 Å². The molecule has 0 amide bonds. The van der Waals surface area contributed by atoms with Crippen molar-refractivity contribution >= 4 is 17.5 Å². The van der Waals surface area contributed by atoms with Crippen LogP contribution in [0.15, 0.2) is 54.3 Å². The third-order valence-electron chi connectivity index (χ3n) is 2.89. The molecule has 0 aromatic heterocycles. The van der Waals surface area contributed by atoms with E-state index in [1.165, 1.54) is 12.1 Å². The lowest BCUT2D eigenvalue weighted by Gasteiger charge is -2.17. The first-order valence-electron chi connectivity index (χ1n) is 6.34. The summed E-state index contributed by atoms with van der Waals surface area (Å²) in [5.74, 6) is 0.553. The van der Waals surface area contributed by atoms with Gasteiger partial charge in [-0.15, -0.1) is 0 Å². The Morgan fingerprint density at radius 1 is 1.33 bits per heavy atom. The first kappa shape index (κ1) is 14.7. The SMILES string of the molecule is C=CC1=CC(N)CC=C1OC(=O)Oc1ccc(N)cc1N. The normalized spacial score (nSPS) is 17.5. The molecule has 1 aliphatic rings. The maximum atomic E-state index is 11.8. The molecule has 1 aromatic carbocycles. The fourth-order valence-electron chi connectivity index (χ4n) is 1.87. The van der Waals surface area contributed by atoms with E-state index in [1.807, 2.05) is 0 Å². The van der Waals surface area contributed by atoms with Gasteiger partial charge >= 0.3 is 6.16 Å². The first-order valence-corrected chi connectivity index (χ1v) is 6.34. The smallest absolute Gasteiger partial charge is 0.399 e. The van der Waals surface area contributed by atoms with Gasteiger partial charge in [-0.1, -0.05) is 18.7 Å². The Morgan fingerprint density at radius 2 is 2.10 bits per heavy atom. The Balaban J connectivity index is 2.05. The van der Waals surface area contributed by atoms with Gasteiger partial charge < -0.3 is 26.7 Å². The van der Waals surface area contributed by atoms with E-state index < -0.39 is 6.16 Å². The third-order valence-corrected chi connectivity index (χ3v) is 2.89. The lowest BCUT2D eigenvalue weighted by atomic mass is 10.0. The lowest BCUT2D eigenvalue weighted by molar-refractivity contribution is 0.128. The van der Waals surface area contributed by atoms with E-state index in [2.05, 4.69) is 6.58 Å². The molecule has 6 nitrogen and oxygen atoms in total. The van der Waals surface area contributed by atoms with Gasteiger partial charge in [0.1, 0.15) is 5.76 Å². The number of rotatable bonds is 3. The van der Waals surface area contributed by atoms with Crippen molar-refractivity contribution in [2.24, 2.45) is 5.73 Å². The lowest BCUT2D eigenvalue weighted by Crippen LogP contribution is -2.21. The summed E-state index contributed by atoms with van der Waals surface area (Å²) in [5, 5.41) is 0. The van der Waals surface area contributed by atoms with Crippen LogP contribution in [-0.4, -0.2) is 12.2 Å². The van der Waals surface area contributed by atoms with Crippen molar-refractivity contribution in [3.05, 3.63) is 54.3 Å². The molecule has 0 spiro atoms. The molecule has 1 aliphatic carbocycles. The molecular formula is C15H17N3O3. The van der Waals surface area contributed by atoms with Crippen LogP contribution in [0.2, 0.25) is 0 Å². The molecule has 1 atom stereocenters. The highest BCUT2D eigenvalue weighted by atomic mass is 16.7. The number of ether oxygens (including phenoxy) is 2. The molecule has 1 aromatic rings. The van der Waals surface area contributed by atoms with Crippen molar-refractivity contribution < 1.29 is 14.3 Å². The van der Waals surface area contributed by atoms with Crippen molar-refractivity contribution in [1.29, 1.82) is 0 Å². The van der Waals surface area contributed by atoms with Crippen molar-refractivity contribution in [1.82, 2.24) is 0 Å². The molecule has 6 N–H and O–H groups in total. The summed E-state index contributed by atoms with van der Waals surface area (Å²) < 4.78 is 10.2. The van der Waals surface area contributed by atoms with Gasteiger partial charge in [-0.3, -0.25) is 0 Å². The average molecular weight is 287 g/mol. The topological polar surface area (TPSA) is 114 Å². The third kappa shape index (κ3) is 3.64. The quantitative estimate of drug-likeness (QED) is 0.445. The van der Waals surface area contributed by atoms with E-state index in [-0.39, 0.29) is 17.5 Å². The van der Waals surface area contributed by atoms with Crippen LogP contribution >= 0.6 is 0 Å². The van der Waals surface area contributed by atoms with Crippen LogP contribution < -0.4 is 21.9 Å². The Labute approximate surface area is 122 Å². The Bertz CT molecular complexity index is 635. The van der Waals surface area contributed by atoms with Crippen LogP contribution in [0.5, 0.6) is 5.75 Å². The number of nitrogens with two attached hydrogens (primary N) is 3. The zero-order chi connectivity index (χ0) is 15.4. The Kier molecular flexibility index (Phi) is 4.30. The predicted molar refractivity (Wildman–Crippen MR) is 81.3 cm³/mol. The Morgan fingerprint density at radius 3 is 2.76 bits per heavy atom. The van der Waals surface area contributed by atoms with Crippen molar-refractivity contribution in [2.45, 2.75) is 12.5 Å². The van der Waals surface area contributed by atoms with Gasteiger partial charge in [0.2, 0.25) is 0 Å². The summed E-state index contributed by atoms with van der Waals surface area (Å²) in [6.45, 7) is 3.65. The minimum Gasteiger partial charge on any atom is -0.399 e. The number of hydrogen-bond acceptors (Lipinski definition) is 6. The standard InChI is InChI=1S/C15H17N3O3/c1-2-9-7-10(16)3-5-13(9)20-15(19)21-14-6-4-11(17)8-12(14)18/h2,4-8,10H,1,3,16-18H2. The van der Waals surface area contributed by atoms with Crippen LogP contribution in [0.4, 0.5) is 16.2 Å². The minimum atomic E-state index is -0.888. The summed E-state index contributed by atoms with van der Waals surface area (Å²) in [6, 6.07) is 4.46. The van der Waals surface area contributed by atoms with Crippen LogP contribution in [-0.2, 0) is 4.74 Å². The number of carbonyl (C=O) groups excluding carboxylic acids is 1. The van der Waals surface area contributed by atoms with Crippen LogP contribution in [0.1, 0.15) is 6.42 Å². The summed E-state index contributed by atoms with van der Waals surface area (Å²) in [7, 11) is 0. The molecule has 0 heterocycles. The van der Waals surface area contributed by atoms with Crippen molar-refractivity contribution in [3.63, 3.8) is 0 Å². The number of hydrogen-bond donors (Lipinski definition) is 3.